The van der Waals surface area contributed by atoms with Crippen LogP contribution in [0.2, 0.25) is 0 Å². The molecule has 6 heterocycles. The third-order valence-corrected chi connectivity index (χ3v) is 16.2. The van der Waals surface area contributed by atoms with Crippen LogP contribution in [-0.2, 0) is 25.7 Å². The SMILES string of the molecule is CCOc1ccc(Cc2nc(C)c(C3CCNCC3)s2)cc1.CCOc1ccc(Cc2nc(CC)c(C3CCNCC3)s2)cc1.CCOc1ccc(Cc2ncc(C3CCNCC3)s2)cc1. The van der Waals surface area contributed by atoms with Crippen LogP contribution in [0.3, 0.4) is 0 Å². The lowest BCUT2D eigenvalue weighted by molar-refractivity contribution is 0.340. The molecule has 354 valence electrons. The van der Waals surface area contributed by atoms with E-state index in [0.29, 0.717) is 37.6 Å². The second kappa shape index (κ2) is 26.4. The Morgan fingerprint density at radius 1 is 0.485 bits per heavy atom. The van der Waals surface area contributed by atoms with Crippen molar-refractivity contribution >= 4 is 34.0 Å². The minimum absolute atomic E-state index is 0.702. The lowest BCUT2D eigenvalue weighted by Gasteiger charge is -2.22. The molecule has 3 aliphatic rings. The molecule has 66 heavy (non-hydrogen) atoms. The van der Waals surface area contributed by atoms with Gasteiger partial charge in [-0.05, 0) is 183 Å². The fourth-order valence-corrected chi connectivity index (χ4v) is 12.7. The highest BCUT2D eigenvalue weighted by atomic mass is 32.1. The first-order valence-electron chi connectivity index (χ1n) is 24.6. The molecule has 3 N–H and O–H groups in total. The van der Waals surface area contributed by atoms with E-state index >= 15 is 0 Å². The van der Waals surface area contributed by atoms with Crippen LogP contribution < -0.4 is 30.2 Å². The summed E-state index contributed by atoms with van der Waals surface area (Å²) in [7, 11) is 0. The minimum atomic E-state index is 0.702. The molecule has 0 spiro atoms. The molecule has 12 heteroatoms. The summed E-state index contributed by atoms with van der Waals surface area (Å²) in [5.41, 5.74) is 6.46. The van der Waals surface area contributed by atoms with Crippen LogP contribution in [0.25, 0.3) is 0 Å². The molecule has 3 fully saturated rings. The van der Waals surface area contributed by atoms with Crippen molar-refractivity contribution < 1.29 is 14.2 Å². The molecule has 0 bridgehead atoms. The normalized spacial score (nSPS) is 15.9. The summed E-state index contributed by atoms with van der Waals surface area (Å²) in [6.07, 6.45) is 13.4. The molecule has 0 atom stereocenters. The minimum Gasteiger partial charge on any atom is -0.494 e. The van der Waals surface area contributed by atoms with Gasteiger partial charge in [0.2, 0.25) is 0 Å². The Kier molecular flexibility index (Phi) is 19.9. The third-order valence-electron chi connectivity index (χ3n) is 12.5. The standard InChI is InChI=1S/C19H26N2OS.C18H24N2OS.C17H22N2OS/c1-3-17-19(15-9-11-20-12-10-15)23-18(21-17)13-14-5-7-16(8-6-14)22-4-2;1-3-21-16-6-4-14(5-7-16)12-17-20-13(2)18(22-17)15-8-10-19-11-9-15;1-2-20-15-5-3-13(4-6-15)11-17-19-12-16(21-17)14-7-9-18-10-8-14/h5-8,15,20H,3-4,9-13H2,1-2H3;4-7,15,19H,3,8-12H2,1-2H3;3-6,12,14,18H,2,7-11H2,1H3. The van der Waals surface area contributed by atoms with Gasteiger partial charge in [0.1, 0.15) is 17.2 Å². The van der Waals surface area contributed by atoms with E-state index in [9.17, 15) is 0 Å². The number of benzene rings is 3. The molecule has 0 saturated carbocycles. The molecule has 0 radical (unpaired) electrons. The summed E-state index contributed by atoms with van der Waals surface area (Å²) >= 11 is 5.71. The molecular weight excluding hydrogens is 877 g/mol. The van der Waals surface area contributed by atoms with Crippen molar-refractivity contribution in [2.75, 3.05) is 59.1 Å². The first kappa shape index (κ1) is 49.7. The molecule has 9 nitrogen and oxygen atoms in total. The fraction of sp³-hybridized carbons (Fsp3) is 0.500. The van der Waals surface area contributed by atoms with Gasteiger partial charge in [0, 0.05) is 40.1 Å². The summed E-state index contributed by atoms with van der Waals surface area (Å²) in [6.45, 7) is 19.4. The van der Waals surface area contributed by atoms with E-state index < -0.39 is 0 Å². The maximum Gasteiger partial charge on any atom is 0.119 e. The summed E-state index contributed by atoms with van der Waals surface area (Å²) in [5.74, 6) is 4.94. The maximum absolute atomic E-state index is 5.51. The highest BCUT2D eigenvalue weighted by Gasteiger charge is 2.23. The van der Waals surface area contributed by atoms with E-state index in [2.05, 4.69) is 89.5 Å². The van der Waals surface area contributed by atoms with E-state index in [1.54, 1.807) is 0 Å². The number of hydrogen-bond acceptors (Lipinski definition) is 12. The number of aromatic nitrogens is 3. The smallest absolute Gasteiger partial charge is 0.119 e. The van der Waals surface area contributed by atoms with Gasteiger partial charge < -0.3 is 30.2 Å². The highest BCUT2D eigenvalue weighted by molar-refractivity contribution is 7.12. The van der Waals surface area contributed by atoms with Gasteiger partial charge in [-0.15, -0.1) is 34.0 Å². The Balaban J connectivity index is 0.000000147. The molecular formula is C54H72N6O3S3. The van der Waals surface area contributed by atoms with E-state index in [1.807, 2.05) is 79.0 Å². The topological polar surface area (TPSA) is 102 Å². The van der Waals surface area contributed by atoms with Gasteiger partial charge in [-0.1, -0.05) is 43.3 Å². The van der Waals surface area contributed by atoms with Crippen LogP contribution in [0.1, 0.15) is 142 Å². The van der Waals surface area contributed by atoms with Crippen molar-refractivity contribution in [3.63, 3.8) is 0 Å². The van der Waals surface area contributed by atoms with Gasteiger partial charge in [0.05, 0.1) is 46.2 Å². The first-order chi connectivity index (χ1) is 32.4. The highest BCUT2D eigenvalue weighted by Crippen LogP contribution is 2.36. The average molecular weight is 949 g/mol. The largest absolute Gasteiger partial charge is 0.494 e. The van der Waals surface area contributed by atoms with E-state index in [-0.39, 0.29) is 0 Å². The summed E-state index contributed by atoms with van der Waals surface area (Å²) in [5, 5.41) is 14.0. The molecule has 3 aromatic heterocycles. The second-order valence-corrected chi connectivity index (χ2v) is 20.7. The van der Waals surface area contributed by atoms with Crippen LogP contribution in [-0.4, -0.2) is 74.0 Å². The number of thiazole rings is 3. The second-order valence-electron chi connectivity index (χ2n) is 17.3. The monoisotopic (exact) mass is 948 g/mol. The molecule has 9 rings (SSSR count). The molecule has 6 aromatic rings. The Morgan fingerprint density at radius 3 is 1.32 bits per heavy atom. The van der Waals surface area contributed by atoms with Gasteiger partial charge in [-0.2, -0.15) is 0 Å². The number of nitrogens with zero attached hydrogens (tertiary/aromatic N) is 3. The summed E-state index contributed by atoms with van der Waals surface area (Å²) in [4.78, 5) is 18.8. The zero-order valence-corrected chi connectivity index (χ0v) is 42.4. The van der Waals surface area contributed by atoms with Gasteiger partial charge in [0.15, 0.2) is 0 Å². The van der Waals surface area contributed by atoms with Crippen LogP contribution in [0, 0.1) is 6.92 Å². The number of rotatable bonds is 16. The van der Waals surface area contributed by atoms with E-state index in [0.717, 1.165) is 82.2 Å². The quantitative estimate of drug-likeness (QED) is 0.0875. The summed E-state index contributed by atoms with van der Waals surface area (Å²) in [6, 6.07) is 25.2. The Hall–Kier alpha value is -4.17. The zero-order valence-electron chi connectivity index (χ0n) is 40.0. The lowest BCUT2D eigenvalue weighted by atomic mass is 9.95. The average Bonchev–Trinajstić information content (AvgIpc) is 4.11. The predicted molar refractivity (Wildman–Crippen MR) is 276 cm³/mol. The third kappa shape index (κ3) is 14.9. The van der Waals surface area contributed by atoms with Crippen LogP contribution in [0.4, 0.5) is 0 Å². The van der Waals surface area contributed by atoms with Crippen molar-refractivity contribution in [1.82, 2.24) is 30.9 Å². The predicted octanol–water partition coefficient (Wildman–Crippen LogP) is 11.7. The van der Waals surface area contributed by atoms with Crippen LogP contribution >= 0.6 is 34.0 Å². The fourth-order valence-electron chi connectivity index (χ4n) is 8.99. The molecule has 3 aliphatic heterocycles. The van der Waals surface area contributed by atoms with Crippen molar-refractivity contribution in [3.05, 3.63) is 137 Å². The summed E-state index contributed by atoms with van der Waals surface area (Å²) < 4.78 is 16.5. The van der Waals surface area contributed by atoms with Crippen molar-refractivity contribution in [1.29, 1.82) is 0 Å². The zero-order chi connectivity index (χ0) is 45.9. The first-order valence-corrected chi connectivity index (χ1v) is 27.0. The molecule has 0 amide bonds. The molecule has 0 unspecified atom stereocenters. The number of ether oxygens (including phenoxy) is 3. The van der Waals surface area contributed by atoms with Crippen LogP contribution in [0.15, 0.2) is 79.0 Å². The van der Waals surface area contributed by atoms with Gasteiger partial charge in [0.25, 0.3) is 0 Å². The molecule has 3 saturated heterocycles. The van der Waals surface area contributed by atoms with Gasteiger partial charge in [-0.25, -0.2) is 15.0 Å². The van der Waals surface area contributed by atoms with Crippen molar-refractivity contribution in [2.24, 2.45) is 0 Å². The Bertz CT molecular complexity index is 2290. The Labute approximate surface area is 406 Å². The number of hydrogen-bond donors (Lipinski definition) is 3. The maximum atomic E-state index is 5.51. The van der Waals surface area contributed by atoms with Gasteiger partial charge in [-0.3, -0.25) is 0 Å². The van der Waals surface area contributed by atoms with Crippen LogP contribution in [0.5, 0.6) is 17.2 Å². The lowest BCUT2D eigenvalue weighted by Crippen LogP contribution is -2.26. The van der Waals surface area contributed by atoms with Crippen molar-refractivity contribution in [2.45, 2.75) is 117 Å². The van der Waals surface area contributed by atoms with E-state index in [4.69, 9.17) is 24.2 Å². The number of aryl methyl sites for hydroxylation is 2. The molecule has 0 aliphatic carbocycles. The number of nitrogens with one attached hydrogen (secondary N) is 3. The number of piperidine rings is 3. The van der Waals surface area contributed by atoms with E-state index in [1.165, 1.54) is 96.3 Å². The molecule has 3 aromatic carbocycles. The van der Waals surface area contributed by atoms with Crippen molar-refractivity contribution in [3.8, 4) is 17.2 Å². The Morgan fingerprint density at radius 2 is 0.879 bits per heavy atom. The van der Waals surface area contributed by atoms with Gasteiger partial charge >= 0.3 is 0 Å².